The number of aryl methyl sites for hydroxylation is 2. The minimum atomic E-state index is -0.370. The Morgan fingerprint density at radius 2 is 2.29 bits per heavy atom. The van der Waals surface area contributed by atoms with Crippen LogP contribution in [0.2, 0.25) is 0 Å². The zero-order chi connectivity index (χ0) is 9.97. The van der Waals surface area contributed by atoms with Crippen LogP contribution in [-0.2, 0) is 12.8 Å². The van der Waals surface area contributed by atoms with E-state index in [-0.39, 0.29) is 6.10 Å². The lowest BCUT2D eigenvalue weighted by atomic mass is 10.1. The fourth-order valence-corrected chi connectivity index (χ4v) is 2.04. The number of aromatic nitrogens is 1. The summed E-state index contributed by atoms with van der Waals surface area (Å²) in [6.07, 6.45) is 4.90. The maximum absolute atomic E-state index is 9.79. The molecular weight excluding hydrogens is 174 g/mol. The van der Waals surface area contributed by atoms with Crippen LogP contribution in [0.25, 0.3) is 0 Å². The van der Waals surface area contributed by atoms with Crippen molar-refractivity contribution in [3.05, 3.63) is 29.1 Å². The predicted molar refractivity (Wildman–Crippen MR) is 56.1 cm³/mol. The van der Waals surface area contributed by atoms with Crippen LogP contribution in [0, 0.1) is 0 Å². The molecule has 14 heavy (non-hydrogen) atoms. The van der Waals surface area contributed by atoms with Crippen molar-refractivity contribution in [3.63, 3.8) is 0 Å². The minimum absolute atomic E-state index is 0.370. The minimum Gasteiger partial charge on any atom is -0.387 e. The summed E-state index contributed by atoms with van der Waals surface area (Å²) in [6.45, 7) is 2.08. The Morgan fingerprint density at radius 3 is 3.07 bits per heavy atom. The largest absolute Gasteiger partial charge is 0.387 e. The van der Waals surface area contributed by atoms with Crippen LogP contribution in [0.1, 0.15) is 49.2 Å². The normalized spacial score (nSPS) is 16.7. The van der Waals surface area contributed by atoms with Gasteiger partial charge < -0.3 is 5.11 Å². The molecule has 76 valence electrons. The van der Waals surface area contributed by atoms with Crippen molar-refractivity contribution in [1.29, 1.82) is 0 Å². The van der Waals surface area contributed by atoms with E-state index in [0.717, 1.165) is 31.4 Å². The van der Waals surface area contributed by atoms with Gasteiger partial charge in [-0.1, -0.05) is 19.4 Å². The average molecular weight is 191 g/mol. The molecule has 0 amide bonds. The Morgan fingerprint density at radius 1 is 1.43 bits per heavy atom. The van der Waals surface area contributed by atoms with Gasteiger partial charge in [0.25, 0.3) is 0 Å². The first-order chi connectivity index (χ1) is 6.81. The third-order valence-electron chi connectivity index (χ3n) is 2.85. The number of hydrogen-bond donors (Lipinski definition) is 1. The standard InChI is InChI=1S/C12H17NO/c1-2-4-12(14)11-8-7-9-5-3-6-10(9)13-11/h7-8,12,14H,2-6H2,1H3. The number of rotatable bonds is 3. The lowest BCUT2D eigenvalue weighted by molar-refractivity contribution is 0.161. The molecule has 2 rings (SSSR count). The smallest absolute Gasteiger partial charge is 0.0959 e. The second-order valence-electron chi connectivity index (χ2n) is 4.00. The van der Waals surface area contributed by atoms with Crippen molar-refractivity contribution in [2.24, 2.45) is 0 Å². The first-order valence-corrected chi connectivity index (χ1v) is 5.48. The highest BCUT2D eigenvalue weighted by Crippen LogP contribution is 2.23. The van der Waals surface area contributed by atoms with Gasteiger partial charge in [-0.2, -0.15) is 0 Å². The fourth-order valence-electron chi connectivity index (χ4n) is 2.04. The molecule has 1 aliphatic rings. The summed E-state index contributed by atoms with van der Waals surface area (Å²) >= 11 is 0. The molecule has 1 aromatic rings. The van der Waals surface area contributed by atoms with Crippen LogP contribution in [0.5, 0.6) is 0 Å². The molecule has 0 aromatic carbocycles. The maximum Gasteiger partial charge on any atom is 0.0959 e. The molecule has 1 heterocycles. The molecule has 0 aliphatic heterocycles. The lowest BCUT2D eigenvalue weighted by Gasteiger charge is -2.09. The molecule has 0 saturated carbocycles. The number of fused-ring (bicyclic) bond motifs is 1. The van der Waals surface area contributed by atoms with E-state index < -0.39 is 0 Å². The summed E-state index contributed by atoms with van der Waals surface area (Å²) < 4.78 is 0. The van der Waals surface area contributed by atoms with Crippen LogP contribution in [-0.4, -0.2) is 10.1 Å². The Labute approximate surface area is 85.0 Å². The van der Waals surface area contributed by atoms with Gasteiger partial charge in [0, 0.05) is 5.69 Å². The molecule has 0 saturated heterocycles. The third kappa shape index (κ3) is 1.80. The summed E-state index contributed by atoms with van der Waals surface area (Å²) in [5.41, 5.74) is 3.43. The molecule has 1 atom stereocenters. The van der Waals surface area contributed by atoms with Crippen LogP contribution in [0.15, 0.2) is 12.1 Å². The quantitative estimate of drug-likeness (QED) is 0.795. The third-order valence-corrected chi connectivity index (χ3v) is 2.85. The second kappa shape index (κ2) is 4.09. The van der Waals surface area contributed by atoms with E-state index in [1.165, 1.54) is 17.7 Å². The van der Waals surface area contributed by atoms with E-state index in [1.54, 1.807) is 0 Å². The summed E-state index contributed by atoms with van der Waals surface area (Å²) in [7, 11) is 0. The summed E-state index contributed by atoms with van der Waals surface area (Å²) in [5.74, 6) is 0. The van der Waals surface area contributed by atoms with Gasteiger partial charge in [0.05, 0.1) is 11.8 Å². The summed E-state index contributed by atoms with van der Waals surface area (Å²) in [4.78, 5) is 4.52. The van der Waals surface area contributed by atoms with Crippen molar-refractivity contribution in [2.75, 3.05) is 0 Å². The monoisotopic (exact) mass is 191 g/mol. The van der Waals surface area contributed by atoms with Crippen molar-refractivity contribution >= 4 is 0 Å². The Kier molecular flexibility index (Phi) is 2.82. The van der Waals surface area contributed by atoms with E-state index in [2.05, 4.69) is 18.0 Å². The molecule has 0 radical (unpaired) electrons. The van der Waals surface area contributed by atoms with Gasteiger partial charge in [-0.15, -0.1) is 0 Å². The summed E-state index contributed by atoms with van der Waals surface area (Å²) in [6, 6.07) is 4.11. The number of aliphatic hydroxyl groups is 1. The van der Waals surface area contributed by atoms with E-state index in [1.807, 2.05) is 6.07 Å². The molecule has 0 fully saturated rings. The molecule has 1 unspecified atom stereocenters. The van der Waals surface area contributed by atoms with Crippen LogP contribution < -0.4 is 0 Å². The van der Waals surface area contributed by atoms with E-state index >= 15 is 0 Å². The van der Waals surface area contributed by atoms with Crippen molar-refractivity contribution in [3.8, 4) is 0 Å². The molecule has 1 aliphatic carbocycles. The fraction of sp³-hybridized carbons (Fsp3) is 0.583. The first kappa shape index (κ1) is 9.66. The number of aliphatic hydroxyl groups excluding tert-OH is 1. The van der Waals surface area contributed by atoms with Crippen molar-refractivity contribution in [2.45, 2.75) is 45.1 Å². The molecule has 0 spiro atoms. The number of hydrogen-bond acceptors (Lipinski definition) is 2. The summed E-state index contributed by atoms with van der Waals surface area (Å²) in [5, 5.41) is 9.79. The first-order valence-electron chi connectivity index (χ1n) is 5.48. The van der Waals surface area contributed by atoms with Gasteiger partial charge in [0.15, 0.2) is 0 Å². The van der Waals surface area contributed by atoms with Crippen LogP contribution >= 0.6 is 0 Å². The molecule has 2 heteroatoms. The topological polar surface area (TPSA) is 33.1 Å². The SMILES string of the molecule is CCCC(O)c1ccc2c(n1)CCC2. The van der Waals surface area contributed by atoms with Gasteiger partial charge in [-0.05, 0) is 37.3 Å². The van der Waals surface area contributed by atoms with Gasteiger partial charge in [-0.3, -0.25) is 4.98 Å². The predicted octanol–water partition coefficient (Wildman–Crippen LogP) is 2.40. The molecule has 0 bridgehead atoms. The Bertz CT molecular complexity index is 322. The molecule has 1 N–H and O–H groups in total. The molecular formula is C12H17NO. The Hall–Kier alpha value is -0.890. The lowest BCUT2D eigenvalue weighted by Crippen LogP contribution is -2.02. The molecule has 1 aromatic heterocycles. The highest BCUT2D eigenvalue weighted by molar-refractivity contribution is 5.27. The zero-order valence-corrected chi connectivity index (χ0v) is 8.66. The van der Waals surface area contributed by atoms with Crippen LogP contribution in [0.3, 0.4) is 0 Å². The van der Waals surface area contributed by atoms with Gasteiger partial charge in [-0.25, -0.2) is 0 Å². The Balaban J connectivity index is 2.19. The van der Waals surface area contributed by atoms with Gasteiger partial charge in [0.1, 0.15) is 0 Å². The number of pyridine rings is 1. The second-order valence-corrected chi connectivity index (χ2v) is 4.00. The van der Waals surface area contributed by atoms with Crippen molar-refractivity contribution < 1.29 is 5.11 Å². The van der Waals surface area contributed by atoms with E-state index in [4.69, 9.17) is 0 Å². The van der Waals surface area contributed by atoms with E-state index in [0.29, 0.717) is 0 Å². The maximum atomic E-state index is 9.79. The highest BCUT2D eigenvalue weighted by Gasteiger charge is 2.15. The highest BCUT2D eigenvalue weighted by atomic mass is 16.3. The average Bonchev–Trinajstić information content (AvgIpc) is 2.64. The molecule has 2 nitrogen and oxygen atoms in total. The van der Waals surface area contributed by atoms with Gasteiger partial charge in [0.2, 0.25) is 0 Å². The van der Waals surface area contributed by atoms with Gasteiger partial charge >= 0.3 is 0 Å². The van der Waals surface area contributed by atoms with Crippen molar-refractivity contribution in [1.82, 2.24) is 4.98 Å². The van der Waals surface area contributed by atoms with Crippen LogP contribution in [0.4, 0.5) is 0 Å². The zero-order valence-electron chi connectivity index (χ0n) is 8.66. The van der Waals surface area contributed by atoms with E-state index in [9.17, 15) is 5.11 Å². The number of nitrogens with zero attached hydrogens (tertiary/aromatic N) is 1.